The van der Waals surface area contributed by atoms with E-state index >= 15 is 0 Å². The maximum Gasteiger partial charge on any atom is 0.0647 e. The summed E-state index contributed by atoms with van der Waals surface area (Å²) in [5.41, 5.74) is 0.782. The molecule has 1 aromatic rings. The molecule has 60 valence electrons. The topological polar surface area (TPSA) is 0 Å². The Balaban J connectivity index is 3.29. The van der Waals surface area contributed by atoms with Crippen LogP contribution in [0.4, 0.5) is 0 Å². The lowest BCUT2D eigenvalue weighted by Gasteiger charge is -2.03. The van der Waals surface area contributed by atoms with Crippen LogP contribution in [-0.4, -0.2) is 0 Å². The molecule has 0 aromatic heterocycles. The molecule has 1 aromatic carbocycles. The van der Waals surface area contributed by atoms with E-state index in [0.29, 0.717) is 20.8 Å². The zero-order chi connectivity index (χ0) is 8.43. The van der Waals surface area contributed by atoms with Gasteiger partial charge in [0.2, 0.25) is 0 Å². The van der Waals surface area contributed by atoms with E-state index in [1.54, 1.807) is 12.1 Å². The largest absolute Gasteiger partial charge is 0.174 e. The highest BCUT2D eigenvalue weighted by atomic mass is 35.5. The van der Waals surface area contributed by atoms with Crippen LogP contribution in [0.15, 0.2) is 12.1 Å². The number of halogens is 3. The molecule has 0 N–H and O–H groups in total. The smallest absolute Gasteiger partial charge is 0.0647 e. The van der Waals surface area contributed by atoms with Gasteiger partial charge in [-0.05, 0) is 12.1 Å². The second-order valence-electron chi connectivity index (χ2n) is 1.98. The number of benzene rings is 1. The molecule has 0 bridgehead atoms. The third-order valence-corrected chi connectivity index (χ3v) is 2.81. The predicted molar refractivity (Wildman–Crippen MR) is 54.2 cm³/mol. The minimum absolute atomic E-state index is 0.495. The van der Waals surface area contributed by atoms with Crippen LogP contribution in [0.1, 0.15) is 5.56 Å². The Bertz CT molecular complexity index is 273. The van der Waals surface area contributed by atoms with Crippen molar-refractivity contribution in [3.8, 4) is 0 Å². The van der Waals surface area contributed by atoms with Gasteiger partial charge in [-0.25, -0.2) is 0 Å². The molecule has 0 aliphatic rings. The van der Waals surface area contributed by atoms with Gasteiger partial charge in [-0.3, -0.25) is 0 Å². The van der Waals surface area contributed by atoms with Crippen molar-refractivity contribution < 1.29 is 0 Å². The standard InChI is InChI=1S/C7H5Cl3S/c8-5-1-2-6(9)7(10)4(5)3-11/h1-2,11H,3H2. The van der Waals surface area contributed by atoms with Gasteiger partial charge in [0.25, 0.3) is 0 Å². The fourth-order valence-corrected chi connectivity index (χ4v) is 1.91. The van der Waals surface area contributed by atoms with E-state index < -0.39 is 0 Å². The lowest BCUT2D eigenvalue weighted by Crippen LogP contribution is -1.82. The van der Waals surface area contributed by atoms with Gasteiger partial charge in [-0.2, -0.15) is 12.6 Å². The van der Waals surface area contributed by atoms with Crippen LogP contribution in [0, 0.1) is 0 Å². The van der Waals surface area contributed by atoms with Gasteiger partial charge in [0.15, 0.2) is 0 Å². The molecule has 0 unspecified atom stereocenters. The summed E-state index contributed by atoms with van der Waals surface area (Å²) in [6, 6.07) is 3.38. The van der Waals surface area contributed by atoms with Crippen molar-refractivity contribution in [3.63, 3.8) is 0 Å². The van der Waals surface area contributed by atoms with E-state index in [-0.39, 0.29) is 0 Å². The molecule has 0 heterocycles. The van der Waals surface area contributed by atoms with Gasteiger partial charge < -0.3 is 0 Å². The first-order valence-electron chi connectivity index (χ1n) is 2.90. The van der Waals surface area contributed by atoms with Crippen LogP contribution in [0.2, 0.25) is 15.1 Å². The first kappa shape index (κ1) is 9.53. The van der Waals surface area contributed by atoms with Gasteiger partial charge in [0, 0.05) is 16.3 Å². The Labute approximate surface area is 85.9 Å². The first-order valence-corrected chi connectivity index (χ1v) is 4.66. The van der Waals surface area contributed by atoms with Gasteiger partial charge in [0.1, 0.15) is 0 Å². The van der Waals surface area contributed by atoms with Crippen molar-refractivity contribution in [2.45, 2.75) is 5.75 Å². The third kappa shape index (κ3) is 1.97. The summed E-state index contributed by atoms with van der Waals surface area (Å²) in [4.78, 5) is 0. The maximum absolute atomic E-state index is 5.83. The lowest BCUT2D eigenvalue weighted by molar-refractivity contribution is 1.43. The summed E-state index contributed by atoms with van der Waals surface area (Å²) >= 11 is 21.5. The molecule has 0 saturated heterocycles. The molecule has 0 nitrogen and oxygen atoms in total. The minimum Gasteiger partial charge on any atom is -0.174 e. The number of rotatable bonds is 1. The van der Waals surface area contributed by atoms with Crippen molar-refractivity contribution in [3.05, 3.63) is 32.8 Å². The summed E-state index contributed by atoms with van der Waals surface area (Å²) in [6.07, 6.45) is 0. The van der Waals surface area contributed by atoms with E-state index in [1.807, 2.05) is 0 Å². The van der Waals surface area contributed by atoms with Crippen LogP contribution < -0.4 is 0 Å². The summed E-state index contributed by atoms with van der Waals surface area (Å²) in [5, 5.41) is 1.61. The minimum atomic E-state index is 0.495. The number of hydrogen-bond donors (Lipinski definition) is 1. The summed E-state index contributed by atoms with van der Waals surface area (Å²) in [5.74, 6) is 0.498. The monoisotopic (exact) mass is 226 g/mol. The van der Waals surface area contributed by atoms with Gasteiger partial charge in [0.05, 0.1) is 10.0 Å². The molecule has 0 radical (unpaired) electrons. The molecular formula is C7H5Cl3S. The van der Waals surface area contributed by atoms with Crippen LogP contribution >= 0.6 is 47.4 Å². The Morgan fingerprint density at radius 3 is 2.09 bits per heavy atom. The number of thiol groups is 1. The Kier molecular flexibility index (Phi) is 3.38. The van der Waals surface area contributed by atoms with Crippen molar-refractivity contribution >= 4 is 47.4 Å². The quantitative estimate of drug-likeness (QED) is 0.542. The molecule has 0 atom stereocenters. The Hall–Kier alpha value is 0.440. The summed E-state index contributed by atoms with van der Waals surface area (Å²) < 4.78 is 0. The zero-order valence-corrected chi connectivity index (χ0v) is 8.61. The average molecular weight is 228 g/mol. The van der Waals surface area contributed by atoms with Gasteiger partial charge in [-0.15, -0.1) is 0 Å². The van der Waals surface area contributed by atoms with Crippen molar-refractivity contribution in [1.82, 2.24) is 0 Å². The van der Waals surface area contributed by atoms with Crippen molar-refractivity contribution in [1.29, 1.82) is 0 Å². The molecule has 0 saturated carbocycles. The van der Waals surface area contributed by atoms with E-state index in [1.165, 1.54) is 0 Å². The van der Waals surface area contributed by atoms with Crippen molar-refractivity contribution in [2.75, 3.05) is 0 Å². The highest BCUT2D eigenvalue weighted by Crippen LogP contribution is 2.32. The highest BCUT2D eigenvalue weighted by molar-refractivity contribution is 7.79. The average Bonchev–Trinajstić information content (AvgIpc) is 1.99. The molecule has 0 fully saturated rings. The van der Waals surface area contributed by atoms with Crippen molar-refractivity contribution in [2.24, 2.45) is 0 Å². The molecule has 11 heavy (non-hydrogen) atoms. The van der Waals surface area contributed by atoms with Crippen LogP contribution in [-0.2, 0) is 5.75 Å². The Morgan fingerprint density at radius 2 is 1.64 bits per heavy atom. The van der Waals surface area contributed by atoms with Gasteiger partial charge >= 0.3 is 0 Å². The molecule has 0 aliphatic carbocycles. The Morgan fingerprint density at radius 1 is 1.09 bits per heavy atom. The van der Waals surface area contributed by atoms with E-state index in [9.17, 15) is 0 Å². The lowest BCUT2D eigenvalue weighted by atomic mass is 10.2. The van der Waals surface area contributed by atoms with Crippen LogP contribution in [0.3, 0.4) is 0 Å². The molecule has 1 rings (SSSR count). The molecule has 0 aliphatic heterocycles. The fourth-order valence-electron chi connectivity index (χ4n) is 0.714. The predicted octanol–water partition coefficient (Wildman–Crippen LogP) is 4.08. The second-order valence-corrected chi connectivity index (χ2v) is 3.49. The third-order valence-electron chi connectivity index (χ3n) is 1.30. The summed E-state index contributed by atoms with van der Waals surface area (Å²) in [7, 11) is 0. The van der Waals surface area contributed by atoms with Crippen LogP contribution in [0.25, 0.3) is 0 Å². The van der Waals surface area contributed by atoms with Crippen LogP contribution in [0.5, 0.6) is 0 Å². The van der Waals surface area contributed by atoms with E-state index in [4.69, 9.17) is 34.8 Å². The molecule has 4 heteroatoms. The van der Waals surface area contributed by atoms with E-state index in [2.05, 4.69) is 12.6 Å². The normalized spacial score (nSPS) is 10.2. The highest BCUT2D eigenvalue weighted by Gasteiger charge is 2.06. The molecule has 0 amide bonds. The fraction of sp³-hybridized carbons (Fsp3) is 0.143. The molecular weight excluding hydrogens is 223 g/mol. The number of hydrogen-bond acceptors (Lipinski definition) is 1. The van der Waals surface area contributed by atoms with E-state index in [0.717, 1.165) is 5.56 Å². The second kappa shape index (κ2) is 3.90. The SMILES string of the molecule is SCc1c(Cl)ccc(Cl)c1Cl. The van der Waals surface area contributed by atoms with Gasteiger partial charge in [-0.1, -0.05) is 34.8 Å². The maximum atomic E-state index is 5.83. The first-order chi connectivity index (χ1) is 5.16. The molecule has 0 spiro atoms. The zero-order valence-electron chi connectivity index (χ0n) is 5.44. The summed E-state index contributed by atoms with van der Waals surface area (Å²) in [6.45, 7) is 0.